The summed E-state index contributed by atoms with van der Waals surface area (Å²) >= 11 is 0. The second kappa shape index (κ2) is 4.83. The Morgan fingerprint density at radius 1 is 1.47 bits per heavy atom. The molecule has 2 rings (SSSR count). The Morgan fingerprint density at radius 2 is 2.24 bits per heavy atom. The van der Waals surface area contributed by atoms with Crippen LogP contribution in [0.5, 0.6) is 0 Å². The van der Waals surface area contributed by atoms with E-state index >= 15 is 0 Å². The maximum Gasteiger partial charge on any atom is 0.0499 e. The van der Waals surface area contributed by atoms with E-state index < -0.39 is 0 Å². The minimum atomic E-state index is 0.115. The fourth-order valence-corrected chi connectivity index (χ4v) is 2.55. The number of aromatic nitrogens is 1. The van der Waals surface area contributed by atoms with Crippen molar-refractivity contribution in [1.29, 1.82) is 0 Å². The van der Waals surface area contributed by atoms with E-state index in [1.807, 2.05) is 12.3 Å². The molecule has 0 atom stereocenters. The highest BCUT2D eigenvalue weighted by Crippen LogP contribution is 2.39. The van der Waals surface area contributed by atoms with Crippen molar-refractivity contribution in [1.82, 2.24) is 10.3 Å². The van der Waals surface area contributed by atoms with Gasteiger partial charge in [0.15, 0.2) is 0 Å². The van der Waals surface area contributed by atoms with E-state index in [4.69, 9.17) is 0 Å². The predicted molar refractivity (Wildman–Crippen MR) is 70.1 cm³/mol. The van der Waals surface area contributed by atoms with Crippen molar-refractivity contribution in [2.75, 3.05) is 19.7 Å². The summed E-state index contributed by atoms with van der Waals surface area (Å²) in [4.78, 5) is 3.28. The summed E-state index contributed by atoms with van der Waals surface area (Å²) in [6.07, 6.45) is 5.57. The van der Waals surface area contributed by atoms with Gasteiger partial charge in [-0.1, -0.05) is 20.3 Å². The predicted octanol–water partition coefficient (Wildman–Crippen LogP) is 2.04. The first-order valence-corrected chi connectivity index (χ1v) is 6.54. The molecule has 3 N–H and O–H groups in total. The molecule has 3 nitrogen and oxygen atoms in total. The van der Waals surface area contributed by atoms with Crippen molar-refractivity contribution in [3.05, 3.63) is 24.0 Å². The Kier molecular flexibility index (Phi) is 3.59. The van der Waals surface area contributed by atoms with Crippen LogP contribution in [0.4, 0.5) is 0 Å². The summed E-state index contributed by atoms with van der Waals surface area (Å²) in [7, 11) is 0. The number of nitrogens with one attached hydrogen (secondary N) is 2. The van der Waals surface area contributed by atoms with E-state index in [9.17, 15) is 5.11 Å². The number of hydrogen-bond donors (Lipinski definition) is 3. The van der Waals surface area contributed by atoms with Gasteiger partial charge in [0, 0.05) is 42.4 Å². The molecule has 0 aromatic carbocycles. The van der Waals surface area contributed by atoms with Gasteiger partial charge in [-0.2, -0.15) is 0 Å². The highest BCUT2D eigenvalue weighted by molar-refractivity contribution is 5.15. The fraction of sp³-hybridized carbons (Fsp3) is 0.714. The van der Waals surface area contributed by atoms with Crippen LogP contribution in [0.25, 0.3) is 0 Å². The van der Waals surface area contributed by atoms with Gasteiger partial charge < -0.3 is 15.4 Å². The second-order valence-corrected chi connectivity index (χ2v) is 6.08. The van der Waals surface area contributed by atoms with E-state index in [0.29, 0.717) is 6.61 Å². The molecule has 0 bridgehead atoms. The molecule has 1 aliphatic rings. The third-order valence-corrected chi connectivity index (χ3v) is 4.14. The average Bonchev–Trinajstić information content (AvgIpc) is 2.76. The van der Waals surface area contributed by atoms with Gasteiger partial charge in [-0.25, -0.2) is 0 Å². The van der Waals surface area contributed by atoms with Gasteiger partial charge in [0.05, 0.1) is 0 Å². The van der Waals surface area contributed by atoms with Crippen molar-refractivity contribution in [2.24, 2.45) is 5.41 Å². The number of hydrogen-bond acceptors (Lipinski definition) is 2. The molecule has 0 saturated heterocycles. The second-order valence-electron chi connectivity index (χ2n) is 6.08. The lowest BCUT2D eigenvalue weighted by Gasteiger charge is -2.41. The van der Waals surface area contributed by atoms with E-state index in [1.54, 1.807) is 0 Å². The Balaban J connectivity index is 1.82. The van der Waals surface area contributed by atoms with Crippen molar-refractivity contribution in [3.63, 3.8) is 0 Å². The quantitative estimate of drug-likeness (QED) is 0.708. The normalized spacial score (nSPS) is 19.0. The molecule has 1 heterocycles. The maximum absolute atomic E-state index is 9.40. The van der Waals surface area contributed by atoms with Crippen molar-refractivity contribution < 1.29 is 5.11 Å². The summed E-state index contributed by atoms with van der Waals surface area (Å²) in [6, 6.07) is 4.17. The van der Waals surface area contributed by atoms with Crippen LogP contribution in [0.2, 0.25) is 0 Å². The van der Waals surface area contributed by atoms with Gasteiger partial charge in [0.2, 0.25) is 0 Å². The Morgan fingerprint density at radius 3 is 2.71 bits per heavy atom. The van der Waals surface area contributed by atoms with Gasteiger partial charge in [-0.05, 0) is 25.0 Å². The topological polar surface area (TPSA) is 48.0 Å². The average molecular weight is 236 g/mol. The standard InChI is InChI=1S/C14H24N2O/c1-13(2,12-5-3-8-16-12)9-15-10-14(11-17)6-4-7-14/h3,5,8,15-17H,4,6-7,9-11H2,1-2H3. The van der Waals surface area contributed by atoms with Crippen LogP contribution in [0, 0.1) is 5.41 Å². The molecular formula is C14H24N2O. The van der Waals surface area contributed by atoms with Gasteiger partial charge in [-0.3, -0.25) is 0 Å². The van der Waals surface area contributed by atoms with E-state index in [1.165, 1.54) is 25.0 Å². The monoisotopic (exact) mass is 236 g/mol. The molecule has 1 fully saturated rings. The highest BCUT2D eigenvalue weighted by atomic mass is 16.3. The van der Waals surface area contributed by atoms with Crippen LogP contribution in [0.15, 0.2) is 18.3 Å². The van der Waals surface area contributed by atoms with Gasteiger partial charge in [-0.15, -0.1) is 0 Å². The largest absolute Gasteiger partial charge is 0.396 e. The van der Waals surface area contributed by atoms with Crippen LogP contribution >= 0.6 is 0 Å². The highest BCUT2D eigenvalue weighted by Gasteiger charge is 2.36. The first kappa shape index (κ1) is 12.7. The molecule has 1 saturated carbocycles. The van der Waals surface area contributed by atoms with Crippen LogP contribution in [-0.2, 0) is 5.41 Å². The van der Waals surface area contributed by atoms with Gasteiger partial charge >= 0.3 is 0 Å². The molecule has 0 amide bonds. The van der Waals surface area contributed by atoms with Crippen molar-refractivity contribution in [3.8, 4) is 0 Å². The van der Waals surface area contributed by atoms with Crippen molar-refractivity contribution in [2.45, 2.75) is 38.5 Å². The first-order valence-electron chi connectivity index (χ1n) is 6.54. The molecule has 0 unspecified atom stereocenters. The summed E-state index contributed by atoms with van der Waals surface area (Å²) in [5, 5.41) is 12.9. The molecule has 1 aromatic heterocycles. The third-order valence-electron chi connectivity index (χ3n) is 4.14. The number of aliphatic hydroxyl groups excluding tert-OH is 1. The smallest absolute Gasteiger partial charge is 0.0499 e. The van der Waals surface area contributed by atoms with E-state index in [2.05, 4.69) is 30.2 Å². The zero-order valence-corrected chi connectivity index (χ0v) is 10.9. The Labute approximate surface area is 104 Å². The first-order chi connectivity index (χ1) is 8.08. The van der Waals surface area contributed by atoms with E-state index in [0.717, 1.165) is 13.1 Å². The number of aromatic amines is 1. The molecule has 1 aromatic rings. The molecule has 96 valence electrons. The molecular weight excluding hydrogens is 212 g/mol. The molecule has 3 heteroatoms. The zero-order chi connectivity index (χ0) is 12.4. The van der Waals surface area contributed by atoms with Crippen molar-refractivity contribution >= 4 is 0 Å². The molecule has 17 heavy (non-hydrogen) atoms. The lowest BCUT2D eigenvalue weighted by molar-refractivity contribution is 0.0438. The molecule has 0 spiro atoms. The van der Waals surface area contributed by atoms with Crippen LogP contribution in [0.1, 0.15) is 38.8 Å². The lowest BCUT2D eigenvalue weighted by atomic mass is 9.69. The Hall–Kier alpha value is -0.800. The number of rotatable bonds is 6. The van der Waals surface area contributed by atoms with Gasteiger partial charge in [0.1, 0.15) is 0 Å². The Bertz CT molecular complexity index is 334. The van der Waals surface area contributed by atoms with E-state index in [-0.39, 0.29) is 10.8 Å². The molecule has 0 aliphatic heterocycles. The van der Waals surface area contributed by atoms with Gasteiger partial charge in [0.25, 0.3) is 0 Å². The summed E-state index contributed by atoms with van der Waals surface area (Å²) in [5.41, 5.74) is 1.55. The minimum Gasteiger partial charge on any atom is -0.396 e. The third kappa shape index (κ3) is 2.72. The van der Waals surface area contributed by atoms with Crippen LogP contribution in [-0.4, -0.2) is 29.8 Å². The molecule has 0 radical (unpaired) electrons. The number of H-pyrrole nitrogens is 1. The summed E-state index contributed by atoms with van der Waals surface area (Å²) < 4.78 is 0. The minimum absolute atomic E-state index is 0.115. The van der Waals surface area contributed by atoms with Crippen LogP contribution < -0.4 is 5.32 Å². The lowest BCUT2D eigenvalue weighted by Crippen LogP contribution is -2.45. The van der Waals surface area contributed by atoms with Crippen LogP contribution in [0.3, 0.4) is 0 Å². The summed E-state index contributed by atoms with van der Waals surface area (Å²) in [5.74, 6) is 0. The number of aliphatic hydroxyl groups is 1. The molecule has 1 aliphatic carbocycles. The fourth-order valence-electron chi connectivity index (χ4n) is 2.55. The maximum atomic E-state index is 9.40. The zero-order valence-electron chi connectivity index (χ0n) is 10.9. The summed E-state index contributed by atoms with van der Waals surface area (Å²) in [6.45, 7) is 6.67. The SMILES string of the molecule is CC(C)(CNCC1(CO)CCC1)c1ccc[nH]1.